The van der Waals surface area contributed by atoms with E-state index in [-0.39, 0.29) is 12.1 Å². The van der Waals surface area contributed by atoms with Crippen molar-refractivity contribution in [2.75, 3.05) is 23.3 Å². The molecule has 1 saturated heterocycles. The Morgan fingerprint density at radius 1 is 1.02 bits per heavy atom. The van der Waals surface area contributed by atoms with Crippen LogP contribution in [0.3, 0.4) is 0 Å². The van der Waals surface area contributed by atoms with Crippen LogP contribution in [0.4, 0.5) is 31.3 Å². The lowest BCUT2D eigenvalue weighted by Gasteiger charge is -2.34. The Hall–Kier alpha value is -3.89. The summed E-state index contributed by atoms with van der Waals surface area (Å²) in [5.41, 5.74) is 0.570. The number of anilines is 3. The maximum absolute atomic E-state index is 14.4. The number of benzene rings is 1. The number of hydrogen-bond acceptors (Lipinski definition) is 7. The topological polar surface area (TPSA) is 101 Å². The lowest BCUT2D eigenvalue weighted by atomic mass is 9.81. The third-order valence-corrected chi connectivity index (χ3v) is 7.32. The van der Waals surface area contributed by atoms with Gasteiger partial charge in [0.25, 0.3) is 0 Å². The van der Waals surface area contributed by atoms with Crippen LogP contribution in [0.2, 0.25) is 0 Å². The zero-order valence-corrected chi connectivity index (χ0v) is 25.3. The fraction of sp³-hybridized carbons (Fsp3) is 0.548. The molecule has 10 nitrogen and oxygen atoms in total. The monoisotopic (exact) mass is 580 g/mol. The number of nitrogens with zero attached hydrogens (tertiary/aromatic N) is 5. The zero-order chi connectivity index (χ0) is 30.2. The smallest absolute Gasteiger partial charge is 0.420 e. The number of carbonyl (C=O) groups is 2. The van der Waals surface area contributed by atoms with E-state index in [1.165, 1.54) is 17.0 Å². The summed E-state index contributed by atoms with van der Waals surface area (Å²) in [7, 11) is 0. The van der Waals surface area contributed by atoms with Crippen molar-refractivity contribution in [3.63, 3.8) is 0 Å². The van der Waals surface area contributed by atoms with Gasteiger partial charge in [-0.1, -0.05) is 12.5 Å². The fourth-order valence-electron chi connectivity index (χ4n) is 5.25. The number of amides is 2. The Morgan fingerprint density at radius 3 is 2.40 bits per heavy atom. The van der Waals surface area contributed by atoms with Crippen LogP contribution in [0.5, 0.6) is 0 Å². The first kappa shape index (κ1) is 29.6. The van der Waals surface area contributed by atoms with E-state index >= 15 is 0 Å². The first-order chi connectivity index (χ1) is 19.8. The van der Waals surface area contributed by atoms with Crippen LogP contribution in [-0.2, 0) is 9.47 Å². The summed E-state index contributed by atoms with van der Waals surface area (Å²) in [4.78, 5) is 34.5. The molecule has 1 aliphatic heterocycles. The molecule has 0 spiro atoms. The summed E-state index contributed by atoms with van der Waals surface area (Å²) in [6.07, 6.45) is 5.66. The van der Waals surface area contributed by atoms with Crippen molar-refractivity contribution >= 4 is 35.2 Å². The molecule has 1 aliphatic carbocycles. The summed E-state index contributed by atoms with van der Waals surface area (Å²) in [5.74, 6) is 0.747. The molecule has 1 unspecified atom stereocenters. The van der Waals surface area contributed by atoms with E-state index in [1.54, 1.807) is 48.4 Å². The predicted molar refractivity (Wildman–Crippen MR) is 159 cm³/mol. The number of ether oxygens (including phenoxy) is 2. The van der Waals surface area contributed by atoms with Gasteiger partial charge in [-0.3, -0.25) is 0 Å². The van der Waals surface area contributed by atoms with Crippen molar-refractivity contribution in [1.29, 1.82) is 0 Å². The molecule has 1 saturated carbocycles. The van der Waals surface area contributed by atoms with E-state index in [4.69, 9.17) is 14.5 Å². The Labute approximate surface area is 246 Å². The van der Waals surface area contributed by atoms with E-state index in [0.29, 0.717) is 42.0 Å². The first-order valence-corrected chi connectivity index (χ1v) is 14.7. The van der Waals surface area contributed by atoms with Gasteiger partial charge < -0.3 is 19.7 Å². The van der Waals surface area contributed by atoms with Crippen LogP contribution in [-0.4, -0.2) is 62.0 Å². The van der Waals surface area contributed by atoms with Crippen molar-refractivity contribution in [3.05, 3.63) is 47.9 Å². The molecule has 1 aromatic carbocycles. The molecule has 2 aromatic heterocycles. The number of fused-ring (bicyclic) bond motifs is 1. The first-order valence-electron chi connectivity index (χ1n) is 14.7. The number of piperidine rings is 1. The van der Waals surface area contributed by atoms with Gasteiger partial charge in [0.2, 0.25) is 0 Å². The number of rotatable bonds is 5. The minimum atomic E-state index is -0.787. The molecule has 0 bridgehead atoms. The van der Waals surface area contributed by atoms with Crippen molar-refractivity contribution in [3.8, 4) is 0 Å². The van der Waals surface area contributed by atoms with Crippen LogP contribution >= 0.6 is 0 Å². The number of nitrogens with one attached hydrogen (secondary N) is 1. The number of halogens is 1. The lowest BCUT2D eigenvalue weighted by Crippen LogP contribution is -2.47. The number of likely N-dealkylation sites (tertiary alicyclic amines) is 1. The normalized spacial score (nSPS) is 18.0. The van der Waals surface area contributed by atoms with Crippen LogP contribution in [0.25, 0.3) is 5.65 Å². The van der Waals surface area contributed by atoms with Crippen molar-refractivity contribution in [1.82, 2.24) is 19.5 Å². The fourth-order valence-corrected chi connectivity index (χ4v) is 5.25. The zero-order valence-electron chi connectivity index (χ0n) is 25.3. The van der Waals surface area contributed by atoms with E-state index in [9.17, 15) is 14.0 Å². The van der Waals surface area contributed by atoms with Crippen LogP contribution in [0.1, 0.15) is 85.1 Å². The van der Waals surface area contributed by atoms with Gasteiger partial charge in [0.05, 0.1) is 11.9 Å². The molecule has 11 heteroatoms. The molecule has 2 fully saturated rings. The van der Waals surface area contributed by atoms with Gasteiger partial charge in [0, 0.05) is 30.8 Å². The standard InChI is InChI=1S/C31H41FN6O4/c1-30(2,3)41-28(39)36-15-9-13-22(19-36)34-25-17-26(38-27(35-25)24(18-33-38)20-10-7-11-20)37(29(40)42-31(4,5)6)23-14-8-12-21(32)16-23/h8,12,14,16-18,20,22H,7,9-11,13,15,19H2,1-6H3,(H,34,35). The molecule has 2 aliphatic rings. The highest BCUT2D eigenvalue weighted by Gasteiger charge is 2.32. The second-order valence-corrected chi connectivity index (χ2v) is 13.2. The van der Waals surface area contributed by atoms with Crippen LogP contribution in [0.15, 0.2) is 36.5 Å². The molecule has 2 amide bonds. The van der Waals surface area contributed by atoms with E-state index in [2.05, 4.69) is 10.4 Å². The highest BCUT2D eigenvalue weighted by molar-refractivity contribution is 5.96. The van der Waals surface area contributed by atoms with Gasteiger partial charge in [-0.25, -0.2) is 23.9 Å². The Bertz CT molecular complexity index is 1460. The van der Waals surface area contributed by atoms with Crippen molar-refractivity contribution in [2.24, 2.45) is 0 Å². The van der Waals surface area contributed by atoms with Gasteiger partial charge in [0.15, 0.2) is 5.65 Å². The van der Waals surface area contributed by atoms with Crippen LogP contribution < -0.4 is 10.2 Å². The minimum Gasteiger partial charge on any atom is -0.444 e. The van der Waals surface area contributed by atoms with Gasteiger partial charge in [0.1, 0.15) is 28.7 Å². The number of carbonyl (C=O) groups excluding carboxylic acids is 2. The molecule has 42 heavy (non-hydrogen) atoms. The van der Waals surface area contributed by atoms with E-state index in [0.717, 1.165) is 37.7 Å². The third kappa shape index (κ3) is 6.77. The van der Waals surface area contributed by atoms with Gasteiger partial charge in [-0.05, 0) is 91.3 Å². The summed E-state index contributed by atoms with van der Waals surface area (Å²) in [6, 6.07) is 7.46. The Balaban J connectivity index is 1.55. The average molecular weight is 581 g/mol. The largest absolute Gasteiger partial charge is 0.444 e. The molecule has 3 aromatic rings. The van der Waals surface area contributed by atoms with Gasteiger partial charge in [-0.15, -0.1) is 0 Å². The molecule has 5 rings (SSSR count). The Morgan fingerprint density at radius 2 is 1.76 bits per heavy atom. The number of aromatic nitrogens is 3. The Kier molecular flexibility index (Phi) is 8.04. The van der Waals surface area contributed by atoms with Gasteiger partial charge in [-0.2, -0.15) is 9.61 Å². The highest BCUT2D eigenvalue weighted by atomic mass is 19.1. The molecular formula is C31H41FN6O4. The molecule has 0 radical (unpaired) electrons. The van der Waals surface area contributed by atoms with E-state index in [1.807, 2.05) is 27.0 Å². The summed E-state index contributed by atoms with van der Waals surface area (Å²) in [5, 5.41) is 8.14. The maximum Gasteiger partial charge on any atom is 0.420 e. The summed E-state index contributed by atoms with van der Waals surface area (Å²) in [6.45, 7) is 12.0. The SMILES string of the molecule is CC(C)(C)OC(=O)N1CCCC(Nc2cc(N(C(=O)OC(C)(C)C)c3cccc(F)c3)n3ncc(C4CCC4)c3n2)C1. The second kappa shape index (κ2) is 11.4. The highest BCUT2D eigenvalue weighted by Crippen LogP contribution is 2.40. The maximum atomic E-state index is 14.4. The van der Waals surface area contributed by atoms with Crippen molar-refractivity contribution in [2.45, 2.75) is 96.8 Å². The average Bonchev–Trinajstić information content (AvgIpc) is 3.25. The molecule has 1 atom stereocenters. The third-order valence-electron chi connectivity index (χ3n) is 7.32. The lowest BCUT2D eigenvalue weighted by molar-refractivity contribution is 0.0206. The van der Waals surface area contributed by atoms with Crippen molar-refractivity contribution < 1.29 is 23.5 Å². The quantitative estimate of drug-likeness (QED) is 0.346. The second-order valence-electron chi connectivity index (χ2n) is 13.2. The number of hydrogen-bond donors (Lipinski definition) is 1. The van der Waals surface area contributed by atoms with Crippen LogP contribution in [0, 0.1) is 5.82 Å². The molecule has 226 valence electrons. The minimum absolute atomic E-state index is 0.0895. The summed E-state index contributed by atoms with van der Waals surface area (Å²) >= 11 is 0. The van der Waals surface area contributed by atoms with Gasteiger partial charge >= 0.3 is 12.2 Å². The molecule has 3 heterocycles. The summed E-state index contributed by atoms with van der Waals surface area (Å²) < 4.78 is 27.5. The van der Waals surface area contributed by atoms with E-state index < -0.39 is 23.1 Å². The molecular weight excluding hydrogens is 539 g/mol. The molecule has 1 N–H and O–H groups in total. The predicted octanol–water partition coefficient (Wildman–Crippen LogP) is 7.02.